The number of rotatable bonds is 6. The van der Waals surface area contributed by atoms with Gasteiger partial charge in [-0.1, -0.05) is 23.7 Å². The quantitative estimate of drug-likeness (QED) is 0.861. The molecular weight excluding hydrogens is 288 g/mol. The van der Waals surface area contributed by atoms with E-state index in [0.29, 0.717) is 18.0 Å². The van der Waals surface area contributed by atoms with Crippen LogP contribution in [0.1, 0.15) is 16.7 Å². The van der Waals surface area contributed by atoms with Crippen LogP contribution in [0.25, 0.3) is 0 Å². The van der Waals surface area contributed by atoms with Gasteiger partial charge in [0.15, 0.2) is 0 Å². The summed E-state index contributed by atoms with van der Waals surface area (Å²) in [6.07, 6.45) is 3.75. The Morgan fingerprint density at radius 2 is 2.24 bits per heavy atom. The van der Waals surface area contributed by atoms with E-state index in [9.17, 15) is 9.90 Å². The van der Waals surface area contributed by atoms with E-state index < -0.39 is 12.0 Å². The van der Waals surface area contributed by atoms with E-state index in [1.54, 1.807) is 18.5 Å². The summed E-state index contributed by atoms with van der Waals surface area (Å²) in [5.41, 5.74) is 2.97. The molecule has 0 spiro atoms. The Hall–Kier alpha value is -1.91. The van der Waals surface area contributed by atoms with Crippen LogP contribution in [0, 0.1) is 6.92 Å². The van der Waals surface area contributed by atoms with E-state index in [1.807, 2.05) is 31.2 Å². The van der Waals surface area contributed by atoms with Crippen molar-refractivity contribution in [3.8, 4) is 0 Å². The molecule has 0 radical (unpaired) electrons. The molecule has 0 aliphatic rings. The SMILES string of the molecule is Cc1cc(Cl)ccc1CNC(Cc1cccnc1)C(=O)O. The molecule has 5 heteroatoms. The molecule has 0 aliphatic carbocycles. The number of benzene rings is 1. The van der Waals surface area contributed by atoms with Gasteiger partial charge in [0, 0.05) is 24.0 Å². The fourth-order valence-electron chi connectivity index (χ4n) is 2.09. The number of halogens is 1. The van der Waals surface area contributed by atoms with Crippen LogP contribution in [0.3, 0.4) is 0 Å². The summed E-state index contributed by atoms with van der Waals surface area (Å²) in [4.78, 5) is 15.4. The van der Waals surface area contributed by atoms with Gasteiger partial charge in [0.1, 0.15) is 6.04 Å². The number of carboxylic acid groups (broad SMARTS) is 1. The van der Waals surface area contributed by atoms with Crippen LogP contribution >= 0.6 is 11.6 Å². The highest BCUT2D eigenvalue weighted by Crippen LogP contribution is 2.15. The summed E-state index contributed by atoms with van der Waals surface area (Å²) in [6.45, 7) is 2.44. The fraction of sp³-hybridized carbons (Fsp3) is 0.250. The van der Waals surface area contributed by atoms with Crippen LogP contribution in [0.15, 0.2) is 42.7 Å². The van der Waals surface area contributed by atoms with Crippen molar-refractivity contribution < 1.29 is 9.90 Å². The van der Waals surface area contributed by atoms with Crippen LogP contribution in [0.2, 0.25) is 5.02 Å². The molecular formula is C16H17ClN2O2. The standard InChI is InChI=1S/C16H17ClN2O2/c1-11-7-14(17)5-4-13(11)10-19-15(16(20)21)8-12-3-2-6-18-9-12/h2-7,9,15,19H,8,10H2,1H3,(H,20,21). The molecule has 21 heavy (non-hydrogen) atoms. The smallest absolute Gasteiger partial charge is 0.321 e. The van der Waals surface area contributed by atoms with Crippen LogP contribution in [0.5, 0.6) is 0 Å². The second-order valence-corrected chi connectivity index (χ2v) is 5.34. The lowest BCUT2D eigenvalue weighted by Gasteiger charge is -2.15. The topological polar surface area (TPSA) is 62.2 Å². The van der Waals surface area contributed by atoms with Crippen molar-refractivity contribution in [1.29, 1.82) is 0 Å². The molecule has 2 N–H and O–H groups in total. The highest BCUT2D eigenvalue weighted by atomic mass is 35.5. The van der Waals surface area contributed by atoms with Gasteiger partial charge in [0.05, 0.1) is 0 Å². The van der Waals surface area contributed by atoms with Gasteiger partial charge in [-0.25, -0.2) is 0 Å². The summed E-state index contributed by atoms with van der Waals surface area (Å²) in [7, 11) is 0. The van der Waals surface area contributed by atoms with Crippen molar-refractivity contribution in [2.24, 2.45) is 0 Å². The molecule has 4 nitrogen and oxygen atoms in total. The first-order valence-electron chi connectivity index (χ1n) is 6.66. The van der Waals surface area contributed by atoms with Crippen molar-refractivity contribution in [3.05, 3.63) is 64.4 Å². The number of nitrogens with zero attached hydrogens (tertiary/aromatic N) is 1. The fourth-order valence-corrected chi connectivity index (χ4v) is 2.32. The summed E-state index contributed by atoms with van der Waals surface area (Å²) in [5, 5.41) is 13.1. The van der Waals surface area contributed by atoms with Gasteiger partial charge in [-0.05, 0) is 48.2 Å². The largest absolute Gasteiger partial charge is 0.480 e. The predicted molar refractivity (Wildman–Crippen MR) is 82.4 cm³/mol. The summed E-state index contributed by atoms with van der Waals surface area (Å²) >= 11 is 5.92. The minimum Gasteiger partial charge on any atom is -0.480 e. The van der Waals surface area contributed by atoms with E-state index in [2.05, 4.69) is 10.3 Å². The maximum Gasteiger partial charge on any atom is 0.321 e. The van der Waals surface area contributed by atoms with Crippen molar-refractivity contribution in [1.82, 2.24) is 10.3 Å². The minimum absolute atomic E-state index is 0.399. The molecule has 2 rings (SSSR count). The van der Waals surface area contributed by atoms with Crippen molar-refractivity contribution in [2.75, 3.05) is 0 Å². The molecule has 0 aliphatic heterocycles. The number of aliphatic carboxylic acids is 1. The summed E-state index contributed by atoms with van der Waals surface area (Å²) < 4.78 is 0. The van der Waals surface area contributed by atoms with E-state index in [1.165, 1.54) is 0 Å². The second-order valence-electron chi connectivity index (χ2n) is 4.91. The Labute approximate surface area is 128 Å². The monoisotopic (exact) mass is 304 g/mol. The van der Waals surface area contributed by atoms with Crippen molar-refractivity contribution >= 4 is 17.6 Å². The lowest BCUT2D eigenvalue weighted by molar-refractivity contribution is -0.139. The van der Waals surface area contributed by atoms with Crippen LogP contribution in [0.4, 0.5) is 0 Å². The first-order chi connectivity index (χ1) is 10.1. The van der Waals surface area contributed by atoms with Crippen molar-refractivity contribution in [3.63, 3.8) is 0 Å². The molecule has 1 unspecified atom stereocenters. The number of hydrogen-bond acceptors (Lipinski definition) is 3. The maximum atomic E-state index is 11.4. The van der Waals surface area contributed by atoms with E-state index >= 15 is 0 Å². The first-order valence-corrected chi connectivity index (χ1v) is 7.04. The number of aryl methyl sites for hydroxylation is 1. The van der Waals surface area contributed by atoms with E-state index in [4.69, 9.17) is 11.6 Å². The van der Waals surface area contributed by atoms with Crippen LogP contribution in [-0.2, 0) is 17.8 Å². The molecule has 0 amide bonds. The molecule has 1 aromatic carbocycles. The van der Waals surface area contributed by atoms with Gasteiger partial charge in [-0.15, -0.1) is 0 Å². The van der Waals surface area contributed by atoms with Gasteiger partial charge in [0.25, 0.3) is 0 Å². The average molecular weight is 305 g/mol. The Balaban J connectivity index is 2.02. The van der Waals surface area contributed by atoms with Crippen molar-refractivity contribution in [2.45, 2.75) is 25.9 Å². The first kappa shape index (κ1) is 15.5. The molecule has 1 heterocycles. The Morgan fingerprint density at radius 3 is 2.86 bits per heavy atom. The molecule has 0 fully saturated rings. The van der Waals surface area contributed by atoms with Gasteiger partial charge < -0.3 is 10.4 Å². The Bertz CT molecular complexity index is 617. The normalized spacial score (nSPS) is 12.1. The maximum absolute atomic E-state index is 11.4. The number of nitrogens with one attached hydrogen (secondary N) is 1. The molecule has 1 atom stereocenters. The molecule has 1 aromatic heterocycles. The summed E-state index contributed by atoms with van der Waals surface area (Å²) in [6, 6.07) is 8.62. The lowest BCUT2D eigenvalue weighted by atomic mass is 10.1. The third-order valence-electron chi connectivity index (χ3n) is 3.30. The van der Waals surface area contributed by atoms with E-state index in [-0.39, 0.29) is 0 Å². The zero-order valence-electron chi connectivity index (χ0n) is 11.7. The Kier molecular flexibility index (Phi) is 5.31. The number of hydrogen-bond donors (Lipinski definition) is 2. The predicted octanol–water partition coefficient (Wildman–Crippen LogP) is 2.83. The Morgan fingerprint density at radius 1 is 1.43 bits per heavy atom. The number of carbonyl (C=O) groups is 1. The zero-order chi connectivity index (χ0) is 15.2. The number of carboxylic acids is 1. The average Bonchev–Trinajstić information content (AvgIpc) is 2.46. The number of aromatic nitrogens is 1. The molecule has 0 saturated carbocycles. The van der Waals surface area contributed by atoms with Gasteiger partial charge in [-0.3, -0.25) is 9.78 Å². The highest BCUT2D eigenvalue weighted by molar-refractivity contribution is 6.30. The van der Waals surface area contributed by atoms with Gasteiger partial charge in [0.2, 0.25) is 0 Å². The van der Waals surface area contributed by atoms with Crippen LogP contribution < -0.4 is 5.32 Å². The third kappa shape index (κ3) is 4.55. The third-order valence-corrected chi connectivity index (χ3v) is 3.54. The van der Waals surface area contributed by atoms with E-state index in [0.717, 1.165) is 16.7 Å². The van der Waals surface area contributed by atoms with Gasteiger partial charge in [-0.2, -0.15) is 0 Å². The van der Waals surface area contributed by atoms with Gasteiger partial charge >= 0.3 is 5.97 Å². The highest BCUT2D eigenvalue weighted by Gasteiger charge is 2.17. The minimum atomic E-state index is -0.870. The molecule has 0 saturated heterocycles. The second kappa shape index (κ2) is 7.20. The summed E-state index contributed by atoms with van der Waals surface area (Å²) in [5.74, 6) is -0.870. The number of pyridine rings is 1. The molecule has 2 aromatic rings. The lowest BCUT2D eigenvalue weighted by Crippen LogP contribution is -2.38. The molecule has 0 bridgehead atoms. The van der Waals surface area contributed by atoms with Crippen LogP contribution in [-0.4, -0.2) is 22.1 Å². The zero-order valence-corrected chi connectivity index (χ0v) is 12.5. The molecule has 110 valence electrons.